The summed E-state index contributed by atoms with van der Waals surface area (Å²) in [7, 11) is 0. The number of nitrogens with one attached hydrogen (secondary N) is 1. The summed E-state index contributed by atoms with van der Waals surface area (Å²) in [6.07, 6.45) is 0. The van der Waals surface area contributed by atoms with Gasteiger partial charge in [-0.1, -0.05) is 26.0 Å². The predicted molar refractivity (Wildman–Crippen MR) is 84.7 cm³/mol. The van der Waals surface area contributed by atoms with Gasteiger partial charge in [-0.25, -0.2) is 0 Å². The van der Waals surface area contributed by atoms with Crippen LogP contribution in [0.1, 0.15) is 42.6 Å². The predicted octanol–water partition coefficient (Wildman–Crippen LogP) is 4.34. The number of carbonyl (C=O) groups is 1. The molecule has 0 spiro atoms. The number of carbonyl (C=O) groups excluding carboxylic acids is 1. The van der Waals surface area contributed by atoms with Crippen LogP contribution in [0.2, 0.25) is 0 Å². The molecule has 0 amide bonds. The Morgan fingerprint density at radius 1 is 1.05 bits per heavy atom. The molecule has 2 aromatic rings. The SMILES string of the molecule is CC(=O)c1cc(Nc2ccc(C(C)C)cc2)ccc1N. The van der Waals surface area contributed by atoms with Crippen LogP contribution in [-0.4, -0.2) is 5.78 Å². The van der Waals surface area contributed by atoms with E-state index in [1.807, 2.05) is 18.2 Å². The van der Waals surface area contributed by atoms with E-state index in [9.17, 15) is 4.79 Å². The van der Waals surface area contributed by atoms with E-state index < -0.39 is 0 Å². The molecule has 3 nitrogen and oxygen atoms in total. The van der Waals surface area contributed by atoms with Crippen molar-refractivity contribution in [3.63, 3.8) is 0 Å². The molecule has 0 aliphatic rings. The number of Topliss-reactive ketones (excluding diaryl/α,β-unsaturated/α-hetero) is 1. The van der Waals surface area contributed by atoms with Gasteiger partial charge in [-0.05, 0) is 48.7 Å². The molecule has 3 heteroatoms. The molecule has 0 aliphatic heterocycles. The molecular formula is C17H20N2O. The first kappa shape index (κ1) is 14.1. The standard InChI is InChI=1S/C17H20N2O/c1-11(2)13-4-6-14(7-5-13)19-15-8-9-17(18)16(10-15)12(3)20/h4-11,19H,18H2,1-3H3. The number of rotatable bonds is 4. The third kappa shape index (κ3) is 3.18. The molecule has 0 radical (unpaired) electrons. The Morgan fingerprint density at radius 2 is 1.65 bits per heavy atom. The van der Waals surface area contributed by atoms with Crippen molar-refractivity contribution < 1.29 is 4.79 Å². The highest BCUT2D eigenvalue weighted by Gasteiger charge is 2.06. The van der Waals surface area contributed by atoms with Gasteiger partial charge >= 0.3 is 0 Å². The highest BCUT2D eigenvalue weighted by molar-refractivity contribution is 6.00. The number of hydrogen-bond acceptors (Lipinski definition) is 3. The normalized spacial score (nSPS) is 10.6. The molecule has 0 fully saturated rings. The maximum atomic E-state index is 11.5. The van der Waals surface area contributed by atoms with Crippen molar-refractivity contribution in [1.82, 2.24) is 0 Å². The van der Waals surface area contributed by atoms with Gasteiger partial charge < -0.3 is 11.1 Å². The summed E-state index contributed by atoms with van der Waals surface area (Å²) < 4.78 is 0. The van der Waals surface area contributed by atoms with Crippen molar-refractivity contribution in [1.29, 1.82) is 0 Å². The first-order chi connectivity index (χ1) is 9.47. The van der Waals surface area contributed by atoms with Crippen molar-refractivity contribution in [3.8, 4) is 0 Å². The van der Waals surface area contributed by atoms with Crippen molar-refractivity contribution in [2.75, 3.05) is 11.1 Å². The molecule has 3 N–H and O–H groups in total. The minimum atomic E-state index is -0.0266. The molecule has 0 atom stereocenters. The molecule has 0 unspecified atom stereocenters. The van der Waals surface area contributed by atoms with Gasteiger partial charge in [-0.2, -0.15) is 0 Å². The number of anilines is 3. The maximum Gasteiger partial charge on any atom is 0.161 e. The van der Waals surface area contributed by atoms with Gasteiger partial charge in [0.25, 0.3) is 0 Å². The van der Waals surface area contributed by atoms with E-state index in [1.54, 1.807) is 12.1 Å². The highest BCUT2D eigenvalue weighted by atomic mass is 16.1. The topological polar surface area (TPSA) is 55.1 Å². The third-order valence-electron chi connectivity index (χ3n) is 3.30. The van der Waals surface area contributed by atoms with Gasteiger partial charge in [-0.3, -0.25) is 4.79 Å². The molecule has 20 heavy (non-hydrogen) atoms. The Morgan fingerprint density at radius 3 is 2.20 bits per heavy atom. The molecule has 2 aromatic carbocycles. The fourth-order valence-electron chi connectivity index (χ4n) is 2.06. The van der Waals surface area contributed by atoms with Gasteiger partial charge in [0.05, 0.1) is 0 Å². The van der Waals surface area contributed by atoms with Crippen molar-refractivity contribution in [2.45, 2.75) is 26.7 Å². The number of benzene rings is 2. The molecule has 104 valence electrons. The minimum absolute atomic E-state index is 0.0266. The summed E-state index contributed by atoms with van der Waals surface area (Å²) in [6.45, 7) is 5.86. The van der Waals surface area contributed by atoms with Crippen molar-refractivity contribution in [3.05, 3.63) is 53.6 Å². The molecular weight excluding hydrogens is 248 g/mol. The Hall–Kier alpha value is -2.29. The monoisotopic (exact) mass is 268 g/mol. The van der Waals surface area contributed by atoms with Crippen LogP contribution in [0, 0.1) is 0 Å². The lowest BCUT2D eigenvalue weighted by atomic mass is 10.0. The van der Waals surface area contributed by atoms with E-state index >= 15 is 0 Å². The summed E-state index contributed by atoms with van der Waals surface area (Å²) in [5.41, 5.74) is 10.0. The summed E-state index contributed by atoms with van der Waals surface area (Å²) in [6, 6.07) is 13.7. The van der Waals surface area contributed by atoms with Gasteiger partial charge in [0.2, 0.25) is 0 Å². The van der Waals surface area contributed by atoms with E-state index in [4.69, 9.17) is 5.73 Å². The van der Waals surface area contributed by atoms with Crippen LogP contribution in [0.4, 0.5) is 17.1 Å². The minimum Gasteiger partial charge on any atom is -0.398 e. The van der Waals surface area contributed by atoms with E-state index in [-0.39, 0.29) is 5.78 Å². The molecule has 0 bridgehead atoms. The summed E-state index contributed by atoms with van der Waals surface area (Å²) >= 11 is 0. The molecule has 2 rings (SSSR count). The van der Waals surface area contributed by atoms with Crippen molar-refractivity contribution in [2.24, 2.45) is 0 Å². The smallest absolute Gasteiger partial charge is 0.161 e. The Kier molecular flexibility index (Phi) is 4.08. The quantitative estimate of drug-likeness (QED) is 0.640. The zero-order valence-corrected chi connectivity index (χ0v) is 12.1. The van der Waals surface area contributed by atoms with Crippen LogP contribution in [0.15, 0.2) is 42.5 Å². The molecule has 0 heterocycles. The Bertz CT molecular complexity index is 615. The first-order valence-corrected chi connectivity index (χ1v) is 6.75. The third-order valence-corrected chi connectivity index (χ3v) is 3.30. The van der Waals surface area contributed by atoms with Gasteiger partial charge in [-0.15, -0.1) is 0 Å². The van der Waals surface area contributed by atoms with Crippen LogP contribution in [-0.2, 0) is 0 Å². The van der Waals surface area contributed by atoms with Crippen LogP contribution in [0.3, 0.4) is 0 Å². The number of ketones is 1. The second kappa shape index (κ2) is 5.78. The number of nitrogens with two attached hydrogens (primary N) is 1. The summed E-state index contributed by atoms with van der Waals surface area (Å²) in [4.78, 5) is 11.5. The zero-order valence-electron chi connectivity index (χ0n) is 12.1. The van der Waals surface area contributed by atoms with E-state index in [0.29, 0.717) is 17.2 Å². The lowest BCUT2D eigenvalue weighted by Gasteiger charge is -2.11. The van der Waals surface area contributed by atoms with Gasteiger partial charge in [0, 0.05) is 22.6 Å². The number of hydrogen-bond donors (Lipinski definition) is 2. The molecule has 0 aliphatic carbocycles. The lowest BCUT2D eigenvalue weighted by Crippen LogP contribution is -2.01. The summed E-state index contributed by atoms with van der Waals surface area (Å²) in [5.74, 6) is 0.492. The fraction of sp³-hybridized carbons (Fsp3) is 0.235. The molecule has 0 aromatic heterocycles. The summed E-state index contributed by atoms with van der Waals surface area (Å²) in [5, 5.41) is 3.28. The average molecular weight is 268 g/mol. The number of nitrogen functional groups attached to an aromatic ring is 1. The Balaban J connectivity index is 2.21. The highest BCUT2D eigenvalue weighted by Crippen LogP contribution is 2.23. The van der Waals surface area contributed by atoms with E-state index in [2.05, 4.69) is 31.3 Å². The fourth-order valence-corrected chi connectivity index (χ4v) is 2.06. The largest absolute Gasteiger partial charge is 0.398 e. The van der Waals surface area contributed by atoms with Crippen LogP contribution >= 0.6 is 0 Å². The average Bonchev–Trinajstić information content (AvgIpc) is 2.41. The molecule has 0 saturated carbocycles. The van der Waals surface area contributed by atoms with Gasteiger partial charge in [0.1, 0.15) is 0 Å². The second-order valence-electron chi connectivity index (χ2n) is 5.26. The lowest BCUT2D eigenvalue weighted by molar-refractivity contribution is 0.101. The zero-order chi connectivity index (χ0) is 14.7. The van der Waals surface area contributed by atoms with Crippen LogP contribution in [0.5, 0.6) is 0 Å². The van der Waals surface area contributed by atoms with E-state index in [0.717, 1.165) is 11.4 Å². The van der Waals surface area contributed by atoms with Crippen LogP contribution in [0.25, 0.3) is 0 Å². The maximum absolute atomic E-state index is 11.5. The Labute approximate surface area is 119 Å². The van der Waals surface area contributed by atoms with Crippen molar-refractivity contribution >= 4 is 22.8 Å². The van der Waals surface area contributed by atoms with Gasteiger partial charge in [0.15, 0.2) is 5.78 Å². The van der Waals surface area contributed by atoms with E-state index in [1.165, 1.54) is 12.5 Å². The second-order valence-corrected chi connectivity index (χ2v) is 5.26. The molecule has 0 saturated heterocycles. The van der Waals surface area contributed by atoms with Crippen LogP contribution < -0.4 is 11.1 Å². The first-order valence-electron chi connectivity index (χ1n) is 6.75.